The maximum absolute atomic E-state index is 12.4. The number of carbonyl (C=O) groups is 2. The fourth-order valence-electron chi connectivity index (χ4n) is 3.50. The maximum atomic E-state index is 12.4. The molecule has 1 amide bonds. The molecule has 3 aromatic rings. The Kier molecular flexibility index (Phi) is 4.38. The number of nitrogens with zero attached hydrogens (tertiary/aromatic N) is 4. The first-order valence-corrected chi connectivity index (χ1v) is 8.85. The number of aromatic nitrogens is 4. The third-order valence-electron chi connectivity index (χ3n) is 4.87. The number of ether oxygens (including phenoxy) is 1. The first-order chi connectivity index (χ1) is 13.5. The van der Waals surface area contributed by atoms with Crippen molar-refractivity contribution in [3.63, 3.8) is 0 Å². The van der Waals surface area contributed by atoms with Crippen LogP contribution in [0.25, 0.3) is 5.69 Å². The van der Waals surface area contributed by atoms with Gasteiger partial charge in [0.25, 0.3) is 0 Å². The fraction of sp³-hybridized carbons (Fsp3) is 0.250. The number of amides is 1. The molecule has 0 aliphatic carbocycles. The smallest absolute Gasteiger partial charge is 0.358 e. The lowest BCUT2D eigenvalue weighted by molar-refractivity contribution is -0.116. The highest BCUT2D eigenvalue weighted by atomic mass is 16.5. The van der Waals surface area contributed by atoms with E-state index < -0.39 is 5.97 Å². The molecule has 4 rings (SSSR count). The van der Waals surface area contributed by atoms with E-state index in [9.17, 15) is 9.59 Å². The Morgan fingerprint density at radius 1 is 1.21 bits per heavy atom. The van der Waals surface area contributed by atoms with Crippen molar-refractivity contribution in [1.82, 2.24) is 19.7 Å². The van der Waals surface area contributed by atoms with Crippen LogP contribution in [0.3, 0.4) is 0 Å². The van der Waals surface area contributed by atoms with E-state index in [1.54, 1.807) is 4.68 Å². The van der Waals surface area contributed by atoms with Crippen LogP contribution in [0, 0.1) is 13.8 Å². The zero-order chi connectivity index (χ0) is 19.8. The van der Waals surface area contributed by atoms with E-state index in [-0.39, 0.29) is 23.9 Å². The molecule has 0 bridgehead atoms. The molecule has 0 saturated heterocycles. The van der Waals surface area contributed by atoms with Gasteiger partial charge in [-0.15, -0.1) is 0 Å². The van der Waals surface area contributed by atoms with Crippen LogP contribution < -0.4 is 5.32 Å². The van der Waals surface area contributed by atoms with Crippen molar-refractivity contribution in [1.29, 1.82) is 0 Å². The minimum atomic E-state index is -0.551. The number of nitrogens with one attached hydrogen (secondary N) is 1. The van der Waals surface area contributed by atoms with Crippen LogP contribution in [0.1, 0.15) is 45.3 Å². The Hall–Kier alpha value is -3.55. The number of esters is 1. The molecule has 142 valence electrons. The molecule has 1 unspecified atom stereocenters. The Labute approximate surface area is 161 Å². The highest BCUT2D eigenvalue weighted by molar-refractivity contribution is 5.95. The largest absolute Gasteiger partial charge is 0.464 e. The molecule has 2 aromatic heterocycles. The lowest BCUT2D eigenvalue weighted by atomic mass is 9.89. The summed E-state index contributed by atoms with van der Waals surface area (Å²) in [5.74, 6) is -0.316. The number of fused-ring (bicyclic) bond motifs is 1. The van der Waals surface area contributed by atoms with Crippen LogP contribution in [0.15, 0.2) is 36.7 Å². The molecule has 0 radical (unpaired) electrons. The molecule has 28 heavy (non-hydrogen) atoms. The van der Waals surface area contributed by atoms with Gasteiger partial charge >= 0.3 is 5.97 Å². The second-order valence-corrected chi connectivity index (χ2v) is 6.67. The standard InChI is InChI=1S/C20H19N5O3/c1-11-6-4-5-7-16(11)25-19-18(12(2)24-25)13(8-17(26)23-19)14-9-22-15(10-21-14)20(27)28-3/h4-7,9-10,13H,8H2,1-3H3,(H,23,26). The summed E-state index contributed by atoms with van der Waals surface area (Å²) in [6.45, 7) is 3.91. The van der Waals surface area contributed by atoms with Gasteiger partial charge in [0.15, 0.2) is 5.69 Å². The highest BCUT2D eigenvalue weighted by Gasteiger charge is 2.34. The van der Waals surface area contributed by atoms with E-state index in [0.29, 0.717) is 11.5 Å². The molecule has 1 atom stereocenters. The lowest BCUT2D eigenvalue weighted by Crippen LogP contribution is -2.25. The van der Waals surface area contributed by atoms with Gasteiger partial charge in [-0.1, -0.05) is 18.2 Å². The normalized spacial score (nSPS) is 15.7. The first-order valence-electron chi connectivity index (χ1n) is 8.85. The predicted molar refractivity (Wildman–Crippen MR) is 101 cm³/mol. The van der Waals surface area contributed by atoms with Crippen molar-refractivity contribution < 1.29 is 14.3 Å². The first kappa shape index (κ1) is 17.8. The van der Waals surface area contributed by atoms with Crippen LogP contribution in [-0.4, -0.2) is 38.7 Å². The zero-order valence-electron chi connectivity index (χ0n) is 15.8. The zero-order valence-corrected chi connectivity index (χ0v) is 15.8. The van der Waals surface area contributed by atoms with Crippen LogP contribution in [0.2, 0.25) is 0 Å². The summed E-state index contributed by atoms with van der Waals surface area (Å²) < 4.78 is 6.42. The Morgan fingerprint density at radius 3 is 2.68 bits per heavy atom. The van der Waals surface area contributed by atoms with Crippen molar-refractivity contribution in [2.75, 3.05) is 12.4 Å². The minimum absolute atomic E-state index is 0.119. The topological polar surface area (TPSA) is 99.0 Å². The number of hydrogen-bond donors (Lipinski definition) is 1. The number of methoxy groups -OCH3 is 1. The van der Waals surface area contributed by atoms with Gasteiger partial charge in [-0.05, 0) is 25.5 Å². The average Bonchev–Trinajstić information content (AvgIpc) is 3.03. The summed E-state index contributed by atoms with van der Waals surface area (Å²) >= 11 is 0. The van der Waals surface area contributed by atoms with Gasteiger partial charge in [-0.2, -0.15) is 5.10 Å². The van der Waals surface area contributed by atoms with Crippen molar-refractivity contribution in [2.45, 2.75) is 26.2 Å². The van der Waals surface area contributed by atoms with E-state index >= 15 is 0 Å². The van der Waals surface area contributed by atoms with Crippen LogP contribution in [-0.2, 0) is 9.53 Å². The SMILES string of the molecule is COC(=O)c1cnc(C2CC(=O)Nc3c2c(C)nn3-c2ccccc2C)cn1. The molecule has 0 fully saturated rings. The molecule has 1 aliphatic rings. The lowest BCUT2D eigenvalue weighted by Gasteiger charge is -2.23. The summed E-state index contributed by atoms with van der Waals surface area (Å²) in [6.07, 6.45) is 3.12. The van der Waals surface area contributed by atoms with Crippen LogP contribution in [0.4, 0.5) is 5.82 Å². The number of rotatable bonds is 3. The van der Waals surface area contributed by atoms with Gasteiger partial charge in [0.2, 0.25) is 5.91 Å². The van der Waals surface area contributed by atoms with Gasteiger partial charge in [-0.3, -0.25) is 9.78 Å². The number of anilines is 1. The van der Waals surface area contributed by atoms with E-state index in [4.69, 9.17) is 0 Å². The second kappa shape index (κ2) is 6.88. The van der Waals surface area contributed by atoms with Gasteiger partial charge in [0.1, 0.15) is 5.82 Å². The Morgan fingerprint density at radius 2 is 2.00 bits per heavy atom. The summed E-state index contributed by atoms with van der Waals surface area (Å²) in [7, 11) is 1.29. The summed E-state index contributed by atoms with van der Waals surface area (Å²) in [4.78, 5) is 32.5. The number of aryl methyl sites for hydroxylation is 2. The Bertz CT molecular complexity index is 1070. The molecule has 1 aliphatic heterocycles. The summed E-state index contributed by atoms with van der Waals surface area (Å²) in [5.41, 5.74) is 4.40. The van der Waals surface area contributed by atoms with Gasteiger partial charge in [-0.25, -0.2) is 14.5 Å². The molecular weight excluding hydrogens is 358 g/mol. The molecule has 1 aromatic carbocycles. The number of carbonyl (C=O) groups excluding carboxylic acids is 2. The molecule has 8 heteroatoms. The quantitative estimate of drug-likeness (QED) is 0.704. The maximum Gasteiger partial charge on any atom is 0.358 e. The molecule has 1 N–H and O–H groups in total. The monoisotopic (exact) mass is 377 g/mol. The number of para-hydroxylation sites is 1. The van der Waals surface area contributed by atoms with E-state index in [1.807, 2.05) is 38.1 Å². The van der Waals surface area contributed by atoms with Crippen molar-refractivity contribution in [3.05, 3.63) is 64.9 Å². The van der Waals surface area contributed by atoms with Gasteiger partial charge in [0.05, 0.1) is 36.6 Å². The van der Waals surface area contributed by atoms with Crippen LogP contribution in [0.5, 0.6) is 0 Å². The van der Waals surface area contributed by atoms with Crippen molar-refractivity contribution >= 4 is 17.7 Å². The molecular formula is C20H19N5O3. The van der Waals surface area contributed by atoms with E-state index in [0.717, 1.165) is 22.5 Å². The Balaban J connectivity index is 1.81. The van der Waals surface area contributed by atoms with Crippen molar-refractivity contribution in [2.24, 2.45) is 0 Å². The summed E-state index contributed by atoms with van der Waals surface area (Å²) in [6, 6.07) is 7.85. The molecule has 0 spiro atoms. The third-order valence-corrected chi connectivity index (χ3v) is 4.87. The third kappa shape index (κ3) is 2.92. The number of benzene rings is 1. The molecule has 8 nitrogen and oxygen atoms in total. The second-order valence-electron chi connectivity index (χ2n) is 6.67. The van der Waals surface area contributed by atoms with E-state index in [2.05, 4.69) is 25.1 Å². The molecule has 3 heterocycles. The summed E-state index contributed by atoms with van der Waals surface area (Å²) in [5, 5.41) is 7.62. The minimum Gasteiger partial charge on any atom is -0.464 e. The predicted octanol–water partition coefficient (Wildman–Crippen LogP) is 2.54. The fourth-order valence-corrected chi connectivity index (χ4v) is 3.50. The molecule has 0 saturated carbocycles. The van der Waals surface area contributed by atoms with Crippen molar-refractivity contribution in [3.8, 4) is 5.69 Å². The van der Waals surface area contributed by atoms with Gasteiger partial charge < -0.3 is 10.1 Å². The average molecular weight is 377 g/mol. The van der Waals surface area contributed by atoms with E-state index in [1.165, 1.54) is 19.5 Å². The van der Waals surface area contributed by atoms with Crippen LogP contribution >= 0.6 is 0 Å². The van der Waals surface area contributed by atoms with Gasteiger partial charge in [0, 0.05) is 17.9 Å². The highest BCUT2D eigenvalue weighted by Crippen LogP contribution is 2.39. The number of hydrogen-bond acceptors (Lipinski definition) is 6.